The number of barbiturate groups is 1. The van der Waals surface area contributed by atoms with Gasteiger partial charge in [0, 0.05) is 5.02 Å². The van der Waals surface area contributed by atoms with Gasteiger partial charge in [0.1, 0.15) is 11.3 Å². The highest BCUT2D eigenvalue weighted by molar-refractivity contribution is 9.10. The molecule has 0 atom stereocenters. The number of carbonyl (C=O) groups excluding carboxylic acids is 3. The zero-order valence-electron chi connectivity index (χ0n) is 11.4. The Bertz CT molecular complexity index is 859. The van der Waals surface area contributed by atoms with Gasteiger partial charge in [-0.1, -0.05) is 17.7 Å². The van der Waals surface area contributed by atoms with E-state index in [9.17, 15) is 14.4 Å². The first-order valence-corrected chi connectivity index (χ1v) is 7.55. The summed E-state index contributed by atoms with van der Waals surface area (Å²) >= 11 is 9.02. The number of hydrogen-bond acceptors (Lipinski definition) is 4. The second kappa shape index (κ2) is 6.02. The van der Waals surface area contributed by atoms with Crippen molar-refractivity contribution < 1.29 is 18.8 Å². The summed E-state index contributed by atoms with van der Waals surface area (Å²) in [6, 6.07) is 8.58. The van der Waals surface area contributed by atoms with E-state index in [4.69, 9.17) is 16.0 Å². The van der Waals surface area contributed by atoms with Gasteiger partial charge in [-0.2, -0.15) is 0 Å². The number of rotatable bonds is 2. The van der Waals surface area contributed by atoms with E-state index in [0.717, 1.165) is 4.90 Å². The minimum Gasteiger partial charge on any atom is -0.450 e. The number of anilines is 1. The summed E-state index contributed by atoms with van der Waals surface area (Å²) < 4.78 is 5.71. The predicted molar refractivity (Wildman–Crippen MR) is 86.9 cm³/mol. The number of hydrogen-bond donors (Lipinski definition) is 1. The summed E-state index contributed by atoms with van der Waals surface area (Å²) in [4.78, 5) is 37.3. The Morgan fingerprint density at radius 2 is 1.96 bits per heavy atom. The van der Waals surface area contributed by atoms with Crippen molar-refractivity contribution in [2.45, 2.75) is 0 Å². The van der Waals surface area contributed by atoms with E-state index in [0.29, 0.717) is 15.5 Å². The van der Waals surface area contributed by atoms with Crippen LogP contribution < -0.4 is 10.2 Å². The zero-order chi connectivity index (χ0) is 16.6. The van der Waals surface area contributed by atoms with Crippen molar-refractivity contribution in [3.05, 3.63) is 57.4 Å². The average Bonchev–Trinajstić information content (AvgIpc) is 2.89. The molecule has 0 unspecified atom stereocenters. The number of imide groups is 2. The van der Waals surface area contributed by atoms with Gasteiger partial charge in [0.2, 0.25) is 0 Å². The highest BCUT2D eigenvalue weighted by Gasteiger charge is 2.37. The molecule has 116 valence electrons. The molecule has 0 radical (unpaired) electrons. The molecule has 1 aliphatic heterocycles. The number of carbonyl (C=O) groups is 3. The van der Waals surface area contributed by atoms with Gasteiger partial charge >= 0.3 is 6.03 Å². The highest BCUT2D eigenvalue weighted by Crippen LogP contribution is 2.25. The maximum Gasteiger partial charge on any atom is 0.335 e. The minimum atomic E-state index is -0.833. The Hall–Kier alpha value is -2.38. The summed E-state index contributed by atoms with van der Waals surface area (Å²) in [5.74, 6) is -1.24. The van der Waals surface area contributed by atoms with Gasteiger partial charge in [-0.15, -0.1) is 0 Å². The van der Waals surface area contributed by atoms with E-state index < -0.39 is 17.8 Å². The molecule has 1 fully saturated rings. The zero-order valence-corrected chi connectivity index (χ0v) is 13.7. The fraction of sp³-hybridized carbons (Fsp3) is 0. The Morgan fingerprint density at radius 1 is 1.17 bits per heavy atom. The van der Waals surface area contributed by atoms with E-state index >= 15 is 0 Å². The van der Waals surface area contributed by atoms with Gasteiger partial charge in [0.15, 0.2) is 4.67 Å². The lowest BCUT2D eigenvalue weighted by molar-refractivity contribution is -0.122. The van der Waals surface area contributed by atoms with Crippen LogP contribution in [0, 0.1) is 0 Å². The second-order valence-corrected chi connectivity index (χ2v) is 5.80. The summed E-state index contributed by atoms with van der Waals surface area (Å²) in [6.45, 7) is 0. The van der Waals surface area contributed by atoms with Gasteiger partial charge in [-0.3, -0.25) is 14.9 Å². The number of furan rings is 1. The quantitative estimate of drug-likeness (QED) is 0.624. The van der Waals surface area contributed by atoms with Crippen molar-refractivity contribution in [1.29, 1.82) is 0 Å². The highest BCUT2D eigenvalue weighted by atomic mass is 79.9. The lowest BCUT2D eigenvalue weighted by atomic mass is 10.1. The first kappa shape index (κ1) is 15.5. The van der Waals surface area contributed by atoms with Crippen LogP contribution in [0.3, 0.4) is 0 Å². The van der Waals surface area contributed by atoms with Crippen molar-refractivity contribution in [2.24, 2.45) is 0 Å². The van der Waals surface area contributed by atoms with Crippen molar-refractivity contribution in [2.75, 3.05) is 4.90 Å². The predicted octanol–water partition coefficient (Wildman–Crippen LogP) is 3.36. The normalized spacial score (nSPS) is 16.9. The Balaban J connectivity index is 2.02. The monoisotopic (exact) mass is 394 g/mol. The second-order valence-electron chi connectivity index (χ2n) is 4.58. The Labute approximate surface area is 143 Å². The minimum absolute atomic E-state index is 0.216. The molecule has 0 bridgehead atoms. The van der Waals surface area contributed by atoms with Crippen molar-refractivity contribution in [3.63, 3.8) is 0 Å². The lowest BCUT2D eigenvalue weighted by Crippen LogP contribution is -2.54. The molecule has 0 aliphatic carbocycles. The van der Waals surface area contributed by atoms with Gasteiger partial charge < -0.3 is 4.42 Å². The van der Waals surface area contributed by atoms with Crippen LogP contribution in [0.15, 0.2) is 51.1 Å². The lowest BCUT2D eigenvalue weighted by Gasteiger charge is -2.26. The summed E-state index contributed by atoms with van der Waals surface area (Å²) in [5.41, 5.74) is 0.0467. The van der Waals surface area contributed by atoms with Crippen LogP contribution >= 0.6 is 27.5 Å². The van der Waals surface area contributed by atoms with E-state index in [1.165, 1.54) is 12.1 Å². The first-order chi connectivity index (χ1) is 11.0. The molecule has 2 heterocycles. The summed E-state index contributed by atoms with van der Waals surface area (Å²) in [5, 5.41) is 2.48. The number of urea groups is 1. The molecule has 8 heteroatoms. The van der Waals surface area contributed by atoms with E-state index in [1.807, 2.05) is 0 Å². The van der Waals surface area contributed by atoms with Crippen LogP contribution in [0.5, 0.6) is 0 Å². The number of benzene rings is 1. The largest absolute Gasteiger partial charge is 0.450 e. The van der Waals surface area contributed by atoms with Crippen LogP contribution in [0.2, 0.25) is 5.02 Å². The van der Waals surface area contributed by atoms with Gasteiger partial charge in [-0.25, -0.2) is 9.69 Å². The first-order valence-electron chi connectivity index (χ1n) is 6.38. The Kier molecular flexibility index (Phi) is 4.06. The van der Waals surface area contributed by atoms with Gasteiger partial charge in [0.25, 0.3) is 11.8 Å². The van der Waals surface area contributed by atoms with Crippen LogP contribution in [0.4, 0.5) is 10.5 Å². The summed E-state index contributed by atoms with van der Waals surface area (Å²) in [6.07, 6.45) is 1.27. The molecule has 23 heavy (non-hydrogen) atoms. The maximum atomic E-state index is 12.5. The fourth-order valence-corrected chi connectivity index (χ4v) is 2.56. The number of nitrogens with one attached hydrogen (secondary N) is 1. The standard InChI is InChI=1S/C15H8BrClN2O4/c16-12-5-4-10(23-12)7-11-13(20)18-15(22)19(14(11)21)9-3-1-2-8(17)6-9/h1-7H,(H,18,20,22)/b11-7+. The third-order valence-electron chi connectivity index (χ3n) is 3.05. The average molecular weight is 396 g/mol. The van der Waals surface area contributed by atoms with Crippen LogP contribution in [-0.4, -0.2) is 17.8 Å². The molecule has 4 amide bonds. The number of nitrogens with zero attached hydrogens (tertiary/aromatic N) is 1. The third kappa shape index (κ3) is 3.06. The van der Waals surface area contributed by atoms with Crippen LogP contribution in [0.25, 0.3) is 6.08 Å². The molecule has 1 aromatic heterocycles. The molecule has 1 N–H and O–H groups in total. The molecular weight excluding hydrogens is 388 g/mol. The smallest absolute Gasteiger partial charge is 0.335 e. The molecule has 1 aromatic carbocycles. The molecule has 1 aliphatic rings. The molecular formula is C15H8BrClN2O4. The van der Waals surface area contributed by atoms with Crippen LogP contribution in [0.1, 0.15) is 5.76 Å². The molecule has 3 rings (SSSR count). The van der Waals surface area contributed by atoms with Crippen molar-refractivity contribution >= 4 is 57.1 Å². The molecule has 0 spiro atoms. The van der Waals surface area contributed by atoms with Gasteiger partial charge in [-0.05, 0) is 52.3 Å². The van der Waals surface area contributed by atoms with Crippen LogP contribution in [-0.2, 0) is 9.59 Å². The molecule has 2 aromatic rings. The third-order valence-corrected chi connectivity index (χ3v) is 3.71. The SMILES string of the molecule is O=C1NC(=O)N(c2cccc(Cl)c2)C(=O)/C1=C/c1ccc(Br)o1. The molecule has 1 saturated heterocycles. The molecule has 0 saturated carbocycles. The van der Waals surface area contributed by atoms with Gasteiger partial charge in [0.05, 0.1) is 5.69 Å². The number of halogens is 2. The van der Waals surface area contributed by atoms with Crippen molar-refractivity contribution in [3.8, 4) is 0 Å². The molecule has 6 nitrogen and oxygen atoms in total. The topological polar surface area (TPSA) is 79.6 Å². The van der Waals surface area contributed by atoms with E-state index in [-0.39, 0.29) is 11.3 Å². The number of amides is 4. The maximum absolute atomic E-state index is 12.5. The Morgan fingerprint density at radius 3 is 2.61 bits per heavy atom. The van der Waals surface area contributed by atoms with E-state index in [1.54, 1.807) is 30.3 Å². The van der Waals surface area contributed by atoms with E-state index in [2.05, 4.69) is 21.2 Å². The van der Waals surface area contributed by atoms with Crippen molar-refractivity contribution in [1.82, 2.24) is 5.32 Å². The fourth-order valence-electron chi connectivity index (χ4n) is 2.06. The summed E-state index contributed by atoms with van der Waals surface area (Å²) in [7, 11) is 0.